The molecule has 0 radical (unpaired) electrons. The van der Waals surface area contributed by atoms with Crippen LogP contribution in [-0.2, 0) is 19.5 Å². The first-order chi connectivity index (χ1) is 12.8. The standard InChI is InChI=1S/C18H18N6S2/c1-2-25-18-19-17-15(16-20-21-22-24(16)18)13-8-9-23(11-14(13)26-17)10-12-6-4-3-5-7-12/h3-7H,2,8-11H2,1H3/p+1. The Hall–Kier alpha value is -2.03. The van der Waals surface area contributed by atoms with Crippen LogP contribution >= 0.6 is 23.1 Å². The molecule has 8 heteroatoms. The van der Waals surface area contributed by atoms with E-state index in [1.807, 2.05) is 11.3 Å². The van der Waals surface area contributed by atoms with Crippen LogP contribution < -0.4 is 4.90 Å². The van der Waals surface area contributed by atoms with E-state index in [-0.39, 0.29) is 0 Å². The number of aromatic nitrogens is 5. The SMILES string of the molecule is CCSc1nc2sc3c(c2c2nnnn12)CC[NH+](Cc1ccccc1)C3. The first-order valence-corrected chi connectivity index (χ1v) is 10.7. The van der Waals surface area contributed by atoms with Gasteiger partial charge in [-0.1, -0.05) is 49.0 Å². The minimum atomic E-state index is 0.856. The Morgan fingerprint density at radius 3 is 3.00 bits per heavy atom. The highest BCUT2D eigenvalue weighted by Gasteiger charge is 2.27. The Morgan fingerprint density at radius 1 is 1.27 bits per heavy atom. The molecule has 1 aliphatic heterocycles. The Kier molecular flexibility index (Phi) is 4.11. The number of nitrogens with zero attached hydrogens (tertiary/aromatic N) is 5. The molecule has 0 amide bonds. The van der Waals surface area contributed by atoms with Crippen molar-refractivity contribution >= 4 is 39.0 Å². The highest BCUT2D eigenvalue weighted by molar-refractivity contribution is 7.99. The Bertz CT molecular complexity index is 1070. The second kappa shape index (κ2) is 6.61. The van der Waals surface area contributed by atoms with Gasteiger partial charge < -0.3 is 4.90 Å². The number of thiophene rings is 1. The highest BCUT2D eigenvalue weighted by Crippen LogP contribution is 2.35. The molecule has 0 spiro atoms. The summed E-state index contributed by atoms with van der Waals surface area (Å²) in [6, 6.07) is 10.8. The van der Waals surface area contributed by atoms with Gasteiger partial charge in [-0.25, -0.2) is 4.98 Å². The van der Waals surface area contributed by atoms with Crippen LogP contribution in [0.3, 0.4) is 0 Å². The summed E-state index contributed by atoms with van der Waals surface area (Å²) in [5, 5.41) is 14.4. The molecule has 1 unspecified atom stereocenters. The van der Waals surface area contributed by atoms with Gasteiger partial charge in [0.1, 0.15) is 17.9 Å². The number of nitrogens with one attached hydrogen (secondary N) is 1. The smallest absolute Gasteiger partial charge is 0.194 e. The van der Waals surface area contributed by atoms with Gasteiger partial charge in [0.15, 0.2) is 10.8 Å². The van der Waals surface area contributed by atoms with E-state index >= 15 is 0 Å². The third-order valence-corrected chi connectivity index (χ3v) is 6.79. The minimum Gasteiger partial charge on any atom is -0.326 e. The number of thioether (sulfide) groups is 1. The lowest BCUT2D eigenvalue weighted by Crippen LogP contribution is -3.10. The molecule has 0 fully saturated rings. The molecule has 1 atom stereocenters. The predicted molar refractivity (Wildman–Crippen MR) is 104 cm³/mol. The van der Waals surface area contributed by atoms with E-state index in [0.29, 0.717) is 0 Å². The molecule has 1 aliphatic rings. The molecule has 1 aromatic carbocycles. The van der Waals surface area contributed by atoms with Crippen LogP contribution in [0.25, 0.3) is 15.9 Å². The minimum absolute atomic E-state index is 0.856. The molecule has 6 nitrogen and oxygen atoms in total. The molecular weight excluding hydrogens is 364 g/mol. The number of hydrogen-bond donors (Lipinski definition) is 1. The van der Waals surface area contributed by atoms with Crippen molar-refractivity contribution in [3.63, 3.8) is 0 Å². The van der Waals surface area contributed by atoms with Gasteiger partial charge in [0, 0.05) is 12.0 Å². The summed E-state index contributed by atoms with van der Waals surface area (Å²) in [7, 11) is 0. The van der Waals surface area contributed by atoms with Gasteiger partial charge in [-0.15, -0.1) is 16.4 Å². The van der Waals surface area contributed by atoms with E-state index in [1.165, 1.54) is 16.0 Å². The molecule has 4 aromatic rings. The molecule has 0 aliphatic carbocycles. The summed E-state index contributed by atoms with van der Waals surface area (Å²) >= 11 is 3.50. The zero-order chi connectivity index (χ0) is 17.5. The van der Waals surface area contributed by atoms with E-state index in [9.17, 15) is 0 Å². The lowest BCUT2D eigenvalue weighted by molar-refractivity contribution is -0.929. The predicted octanol–water partition coefficient (Wildman–Crippen LogP) is 1.99. The maximum Gasteiger partial charge on any atom is 0.194 e. The zero-order valence-electron chi connectivity index (χ0n) is 14.5. The van der Waals surface area contributed by atoms with Crippen LogP contribution in [0.1, 0.15) is 22.9 Å². The summed E-state index contributed by atoms with van der Waals surface area (Å²) in [4.78, 5) is 8.99. The van der Waals surface area contributed by atoms with Crippen molar-refractivity contribution in [2.75, 3.05) is 12.3 Å². The molecule has 3 aromatic heterocycles. The van der Waals surface area contributed by atoms with Crippen molar-refractivity contribution in [2.45, 2.75) is 31.6 Å². The van der Waals surface area contributed by atoms with Crippen molar-refractivity contribution < 1.29 is 4.90 Å². The van der Waals surface area contributed by atoms with E-state index in [4.69, 9.17) is 4.98 Å². The Morgan fingerprint density at radius 2 is 2.15 bits per heavy atom. The van der Waals surface area contributed by atoms with E-state index in [2.05, 4.69) is 52.8 Å². The van der Waals surface area contributed by atoms with Gasteiger partial charge >= 0.3 is 0 Å². The second-order valence-electron chi connectivity index (χ2n) is 6.51. The second-order valence-corrected chi connectivity index (χ2v) is 8.83. The molecule has 1 N–H and O–H groups in total. The number of quaternary nitrogens is 1. The van der Waals surface area contributed by atoms with Gasteiger partial charge in [-0.2, -0.15) is 4.52 Å². The average Bonchev–Trinajstić information content (AvgIpc) is 3.26. The molecule has 0 saturated heterocycles. The summed E-state index contributed by atoms with van der Waals surface area (Å²) in [5.74, 6) is 0.952. The first-order valence-electron chi connectivity index (χ1n) is 8.86. The van der Waals surface area contributed by atoms with Gasteiger partial charge in [0.05, 0.1) is 16.8 Å². The van der Waals surface area contributed by atoms with Crippen molar-refractivity contribution in [1.82, 2.24) is 25.0 Å². The van der Waals surface area contributed by atoms with Crippen molar-refractivity contribution in [3.8, 4) is 0 Å². The molecule has 5 rings (SSSR count). The molecule has 0 bridgehead atoms. The van der Waals surface area contributed by atoms with Crippen molar-refractivity contribution in [1.29, 1.82) is 0 Å². The third kappa shape index (κ3) is 2.69. The van der Waals surface area contributed by atoms with Gasteiger partial charge in [-0.3, -0.25) is 0 Å². The van der Waals surface area contributed by atoms with Crippen LogP contribution in [0.15, 0.2) is 35.5 Å². The van der Waals surface area contributed by atoms with Crippen LogP contribution in [0, 0.1) is 0 Å². The maximum atomic E-state index is 4.87. The number of tetrazole rings is 1. The summed E-state index contributed by atoms with van der Waals surface area (Å²) in [6.45, 7) is 5.37. The summed E-state index contributed by atoms with van der Waals surface area (Å²) in [6.07, 6.45) is 1.06. The van der Waals surface area contributed by atoms with Crippen LogP contribution in [-0.4, -0.2) is 37.3 Å². The molecular formula is C18H19N6S2+. The van der Waals surface area contributed by atoms with Crippen molar-refractivity contribution in [2.24, 2.45) is 0 Å². The summed E-state index contributed by atoms with van der Waals surface area (Å²) < 4.78 is 1.80. The van der Waals surface area contributed by atoms with Crippen LogP contribution in [0.2, 0.25) is 0 Å². The van der Waals surface area contributed by atoms with Crippen LogP contribution in [0.4, 0.5) is 0 Å². The topological polar surface area (TPSA) is 60.4 Å². The average molecular weight is 384 g/mol. The Labute approximate surface area is 159 Å². The van der Waals surface area contributed by atoms with E-state index in [0.717, 1.165) is 52.8 Å². The highest BCUT2D eigenvalue weighted by atomic mass is 32.2. The molecule has 4 heterocycles. The quantitative estimate of drug-likeness (QED) is 0.431. The largest absolute Gasteiger partial charge is 0.326 e. The molecule has 0 saturated carbocycles. The zero-order valence-corrected chi connectivity index (χ0v) is 16.1. The fourth-order valence-electron chi connectivity index (χ4n) is 3.70. The van der Waals surface area contributed by atoms with Gasteiger partial charge in [0.2, 0.25) is 0 Å². The van der Waals surface area contributed by atoms with E-state index in [1.54, 1.807) is 21.2 Å². The fourth-order valence-corrected chi connectivity index (χ4v) is 5.70. The van der Waals surface area contributed by atoms with Gasteiger partial charge in [-0.05, 0) is 21.7 Å². The first kappa shape index (κ1) is 16.2. The van der Waals surface area contributed by atoms with Gasteiger partial charge in [0.25, 0.3) is 0 Å². The summed E-state index contributed by atoms with van der Waals surface area (Å²) in [5.41, 5.74) is 3.66. The molecule has 132 valence electrons. The number of fused-ring (bicyclic) bond motifs is 5. The monoisotopic (exact) mass is 383 g/mol. The lowest BCUT2D eigenvalue weighted by atomic mass is 10.0. The lowest BCUT2D eigenvalue weighted by Gasteiger charge is -2.24. The van der Waals surface area contributed by atoms with Crippen LogP contribution in [0.5, 0.6) is 0 Å². The third-order valence-electron chi connectivity index (χ3n) is 4.85. The van der Waals surface area contributed by atoms with E-state index < -0.39 is 0 Å². The molecule has 26 heavy (non-hydrogen) atoms. The number of hydrogen-bond acceptors (Lipinski definition) is 6. The Balaban J connectivity index is 1.54. The normalized spacial score (nSPS) is 17.0. The van der Waals surface area contributed by atoms with Crippen molar-refractivity contribution in [3.05, 3.63) is 46.3 Å². The maximum absolute atomic E-state index is 4.87. The number of rotatable bonds is 4. The fraction of sp³-hybridized carbons (Fsp3) is 0.333. The number of benzene rings is 1.